The Morgan fingerprint density at radius 1 is 1.23 bits per heavy atom. The van der Waals surface area contributed by atoms with E-state index in [1.54, 1.807) is 30.9 Å². The molecule has 2 aliphatic heterocycles. The van der Waals surface area contributed by atoms with E-state index in [2.05, 4.69) is 5.32 Å². The minimum atomic E-state index is -0.343. The van der Waals surface area contributed by atoms with Crippen LogP contribution in [-0.2, 0) is 9.53 Å². The van der Waals surface area contributed by atoms with Crippen molar-refractivity contribution in [2.24, 2.45) is 0 Å². The topological polar surface area (TPSA) is 61.9 Å². The Kier molecular flexibility index (Phi) is 5.76. The summed E-state index contributed by atoms with van der Waals surface area (Å²) in [6.45, 7) is 5.65. The highest BCUT2D eigenvalue weighted by Crippen LogP contribution is 2.25. The number of hydrogen-bond acceptors (Lipinski definition) is 3. The summed E-state index contributed by atoms with van der Waals surface area (Å²) < 4.78 is 19.0. The Morgan fingerprint density at radius 2 is 1.96 bits per heavy atom. The van der Waals surface area contributed by atoms with E-state index in [9.17, 15) is 14.0 Å². The third-order valence-electron chi connectivity index (χ3n) is 5.30. The van der Waals surface area contributed by atoms with Gasteiger partial charge in [-0.1, -0.05) is 6.07 Å². The molecule has 7 heteroatoms. The number of benzene rings is 1. The van der Waals surface area contributed by atoms with E-state index < -0.39 is 0 Å². The van der Waals surface area contributed by atoms with Crippen molar-refractivity contribution in [1.82, 2.24) is 9.80 Å². The lowest BCUT2D eigenvalue weighted by Crippen LogP contribution is -2.49. The molecule has 3 amide bonds. The summed E-state index contributed by atoms with van der Waals surface area (Å²) in [5, 5.41) is 2.78. The minimum Gasteiger partial charge on any atom is -0.381 e. The second-order valence-corrected chi connectivity index (χ2v) is 7.00. The van der Waals surface area contributed by atoms with Crippen LogP contribution in [0.2, 0.25) is 0 Å². The molecule has 1 aromatic rings. The number of rotatable bonds is 3. The number of carbonyl (C=O) groups is 2. The summed E-state index contributed by atoms with van der Waals surface area (Å²) in [6, 6.07) is 4.59. The molecule has 0 aromatic heterocycles. The standard InChI is InChI=1S/C19H26FN3O3/c1-13-17(20)4-3-5-18(13)21-19(25)22-9-6-16(12-22)23(14(2)24)15-7-10-26-11-8-15/h3-5,15-16H,6-12H2,1-2H3,(H,21,25). The zero-order chi connectivity index (χ0) is 18.7. The number of anilines is 1. The van der Waals surface area contributed by atoms with Crippen molar-refractivity contribution in [3.63, 3.8) is 0 Å². The maximum absolute atomic E-state index is 13.7. The second kappa shape index (κ2) is 8.03. The third-order valence-corrected chi connectivity index (χ3v) is 5.30. The molecule has 1 unspecified atom stereocenters. The molecule has 142 valence electrons. The smallest absolute Gasteiger partial charge is 0.321 e. The predicted octanol–water partition coefficient (Wildman–Crippen LogP) is 2.77. The van der Waals surface area contributed by atoms with Crippen LogP contribution in [0.1, 0.15) is 31.7 Å². The summed E-state index contributed by atoms with van der Waals surface area (Å²) in [5.41, 5.74) is 0.899. The van der Waals surface area contributed by atoms with Gasteiger partial charge in [-0.05, 0) is 38.3 Å². The Bertz CT molecular complexity index is 676. The first-order valence-electron chi connectivity index (χ1n) is 9.15. The molecule has 0 aliphatic carbocycles. The molecule has 0 radical (unpaired) electrons. The molecule has 0 saturated carbocycles. The van der Waals surface area contributed by atoms with Crippen LogP contribution in [-0.4, -0.2) is 60.1 Å². The summed E-state index contributed by atoms with van der Waals surface area (Å²) in [4.78, 5) is 28.4. The molecule has 2 heterocycles. The van der Waals surface area contributed by atoms with Crippen molar-refractivity contribution in [2.75, 3.05) is 31.6 Å². The second-order valence-electron chi connectivity index (χ2n) is 7.00. The van der Waals surface area contributed by atoms with Gasteiger partial charge in [0.25, 0.3) is 0 Å². The van der Waals surface area contributed by atoms with Crippen LogP contribution in [0.15, 0.2) is 18.2 Å². The maximum atomic E-state index is 13.7. The van der Waals surface area contributed by atoms with Gasteiger partial charge in [0.05, 0.1) is 6.04 Å². The molecule has 26 heavy (non-hydrogen) atoms. The number of halogens is 1. The normalized spacial score (nSPS) is 20.9. The fraction of sp³-hybridized carbons (Fsp3) is 0.579. The fourth-order valence-electron chi connectivity index (χ4n) is 3.87. The van der Waals surface area contributed by atoms with Crippen molar-refractivity contribution in [2.45, 2.75) is 45.2 Å². The lowest BCUT2D eigenvalue weighted by atomic mass is 10.0. The molecular formula is C19H26FN3O3. The van der Waals surface area contributed by atoms with Crippen LogP contribution in [0, 0.1) is 12.7 Å². The molecule has 6 nitrogen and oxygen atoms in total. The molecule has 3 rings (SSSR count). The van der Waals surface area contributed by atoms with Crippen LogP contribution >= 0.6 is 0 Å². The Hall–Kier alpha value is -2.15. The van der Waals surface area contributed by atoms with Gasteiger partial charge in [0.1, 0.15) is 5.82 Å². The largest absolute Gasteiger partial charge is 0.381 e. The molecule has 0 spiro atoms. The summed E-state index contributed by atoms with van der Waals surface area (Å²) in [5.74, 6) is -0.297. The van der Waals surface area contributed by atoms with Crippen molar-refractivity contribution >= 4 is 17.6 Å². The molecule has 2 fully saturated rings. The van der Waals surface area contributed by atoms with Gasteiger partial charge in [-0.3, -0.25) is 4.79 Å². The van der Waals surface area contributed by atoms with Crippen molar-refractivity contribution in [3.8, 4) is 0 Å². The number of nitrogens with zero attached hydrogens (tertiary/aromatic N) is 2. The van der Waals surface area contributed by atoms with E-state index in [0.29, 0.717) is 37.6 Å². The summed E-state index contributed by atoms with van der Waals surface area (Å²) in [6.07, 6.45) is 2.43. The van der Waals surface area contributed by atoms with Crippen molar-refractivity contribution in [3.05, 3.63) is 29.6 Å². The summed E-state index contributed by atoms with van der Waals surface area (Å²) >= 11 is 0. The first kappa shape index (κ1) is 18.6. The third kappa shape index (κ3) is 3.98. The predicted molar refractivity (Wildman–Crippen MR) is 96.5 cm³/mol. The van der Waals surface area contributed by atoms with Gasteiger partial charge in [-0.15, -0.1) is 0 Å². The van der Waals surface area contributed by atoms with Crippen LogP contribution in [0.4, 0.5) is 14.9 Å². The first-order chi connectivity index (χ1) is 12.5. The van der Waals surface area contributed by atoms with Crippen molar-refractivity contribution in [1.29, 1.82) is 0 Å². The number of carbonyl (C=O) groups excluding carboxylic acids is 2. The molecular weight excluding hydrogens is 337 g/mol. The van der Waals surface area contributed by atoms with Gasteiger partial charge >= 0.3 is 6.03 Å². The molecule has 1 aromatic carbocycles. The Balaban J connectivity index is 1.64. The number of likely N-dealkylation sites (tertiary alicyclic amines) is 1. The van der Waals surface area contributed by atoms with Gasteiger partial charge in [0.2, 0.25) is 5.91 Å². The van der Waals surface area contributed by atoms with Crippen molar-refractivity contribution < 1.29 is 18.7 Å². The molecule has 1 atom stereocenters. The van der Waals surface area contributed by atoms with E-state index >= 15 is 0 Å². The molecule has 1 N–H and O–H groups in total. The van der Waals surface area contributed by atoms with E-state index in [4.69, 9.17) is 4.74 Å². The number of hydrogen-bond donors (Lipinski definition) is 1. The SMILES string of the molecule is CC(=O)N(C1CCOCC1)C1CCN(C(=O)Nc2cccc(F)c2C)C1. The number of nitrogens with one attached hydrogen (secondary N) is 1. The van der Waals surface area contributed by atoms with E-state index in [1.807, 2.05) is 4.90 Å². The average molecular weight is 363 g/mol. The van der Waals surface area contributed by atoms with Gasteiger partial charge in [-0.25, -0.2) is 9.18 Å². The van der Waals surface area contributed by atoms with Crippen LogP contribution in [0.25, 0.3) is 0 Å². The first-order valence-corrected chi connectivity index (χ1v) is 9.15. The molecule has 2 aliphatic rings. The zero-order valence-electron chi connectivity index (χ0n) is 15.3. The monoisotopic (exact) mass is 363 g/mol. The van der Waals surface area contributed by atoms with E-state index in [1.165, 1.54) is 6.07 Å². The zero-order valence-corrected chi connectivity index (χ0v) is 15.3. The number of urea groups is 1. The van der Waals surface area contributed by atoms with Crippen LogP contribution in [0.5, 0.6) is 0 Å². The fourth-order valence-corrected chi connectivity index (χ4v) is 3.87. The lowest BCUT2D eigenvalue weighted by molar-refractivity contribution is -0.135. The summed E-state index contributed by atoms with van der Waals surface area (Å²) in [7, 11) is 0. The van der Waals surface area contributed by atoms with Gasteiger partial charge in [0, 0.05) is 50.5 Å². The van der Waals surface area contributed by atoms with Gasteiger partial charge < -0.3 is 19.9 Å². The van der Waals surface area contributed by atoms with E-state index in [-0.39, 0.29) is 29.8 Å². The molecule has 0 bridgehead atoms. The number of amides is 3. The average Bonchev–Trinajstić information content (AvgIpc) is 3.09. The number of ether oxygens (including phenoxy) is 1. The van der Waals surface area contributed by atoms with Gasteiger partial charge in [-0.2, -0.15) is 0 Å². The lowest BCUT2D eigenvalue weighted by Gasteiger charge is -2.37. The Morgan fingerprint density at radius 3 is 2.65 bits per heavy atom. The Labute approximate surface area is 153 Å². The highest BCUT2D eigenvalue weighted by Gasteiger charge is 2.36. The quantitative estimate of drug-likeness (QED) is 0.898. The highest BCUT2D eigenvalue weighted by atomic mass is 19.1. The maximum Gasteiger partial charge on any atom is 0.321 e. The minimum absolute atomic E-state index is 0.0231. The van der Waals surface area contributed by atoms with E-state index in [0.717, 1.165) is 19.3 Å². The highest BCUT2D eigenvalue weighted by molar-refractivity contribution is 5.90. The van der Waals surface area contributed by atoms with Crippen LogP contribution in [0.3, 0.4) is 0 Å². The van der Waals surface area contributed by atoms with Crippen LogP contribution < -0.4 is 5.32 Å². The molecule has 2 saturated heterocycles. The van der Waals surface area contributed by atoms with Gasteiger partial charge in [0.15, 0.2) is 0 Å².